The molecule has 0 aromatic heterocycles. The zero-order chi connectivity index (χ0) is 9.68. The fraction of sp³-hybridized carbons (Fsp3) is 0.778. The Labute approximate surface area is 78.2 Å². The van der Waals surface area contributed by atoms with Crippen LogP contribution in [0.25, 0.3) is 0 Å². The van der Waals surface area contributed by atoms with Crippen molar-refractivity contribution in [2.45, 2.75) is 26.2 Å². The molecule has 74 valence electrons. The zero-order valence-electron chi connectivity index (χ0n) is 7.99. The fourth-order valence-corrected chi connectivity index (χ4v) is 1.49. The third kappa shape index (κ3) is 3.14. The highest BCUT2D eigenvalue weighted by atomic mass is 16.4. The number of oxime groups is 1. The fourth-order valence-electron chi connectivity index (χ4n) is 1.49. The van der Waals surface area contributed by atoms with Gasteiger partial charge in [-0.2, -0.15) is 0 Å². The largest absolute Gasteiger partial charge is 0.411 e. The van der Waals surface area contributed by atoms with Crippen molar-refractivity contribution in [3.63, 3.8) is 0 Å². The molecule has 0 atom stereocenters. The molecule has 0 bridgehead atoms. The lowest BCUT2D eigenvalue weighted by atomic mass is 10.1. The van der Waals surface area contributed by atoms with Crippen LogP contribution in [0.3, 0.4) is 0 Å². The Bertz CT molecular complexity index is 208. The summed E-state index contributed by atoms with van der Waals surface area (Å²) in [5.41, 5.74) is 0.200. The second-order valence-electron chi connectivity index (χ2n) is 3.45. The van der Waals surface area contributed by atoms with Gasteiger partial charge in [0.1, 0.15) is 5.71 Å². The van der Waals surface area contributed by atoms with Crippen LogP contribution in [0, 0.1) is 0 Å². The summed E-state index contributed by atoms with van der Waals surface area (Å²) in [7, 11) is 0. The Balaban J connectivity index is 2.34. The van der Waals surface area contributed by atoms with E-state index < -0.39 is 0 Å². The molecule has 0 amide bonds. The van der Waals surface area contributed by atoms with Crippen molar-refractivity contribution < 1.29 is 10.0 Å². The molecular formula is C9H16N2O2. The topological polar surface area (TPSA) is 52.9 Å². The van der Waals surface area contributed by atoms with Crippen LogP contribution in [-0.4, -0.2) is 41.2 Å². The van der Waals surface area contributed by atoms with Gasteiger partial charge in [0.15, 0.2) is 5.78 Å². The molecule has 0 aliphatic carbocycles. The summed E-state index contributed by atoms with van der Waals surface area (Å²) in [6, 6.07) is 0. The lowest BCUT2D eigenvalue weighted by molar-refractivity contribution is -0.114. The molecule has 0 aromatic rings. The van der Waals surface area contributed by atoms with Gasteiger partial charge in [-0.1, -0.05) is 11.6 Å². The van der Waals surface area contributed by atoms with Gasteiger partial charge in [-0.25, -0.2) is 0 Å². The van der Waals surface area contributed by atoms with E-state index in [1.807, 2.05) is 0 Å². The van der Waals surface area contributed by atoms with E-state index in [-0.39, 0.29) is 11.5 Å². The number of rotatable bonds is 3. The summed E-state index contributed by atoms with van der Waals surface area (Å²) < 4.78 is 0. The van der Waals surface area contributed by atoms with Crippen LogP contribution in [-0.2, 0) is 4.79 Å². The van der Waals surface area contributed by atoms with Gasteiger partial charge in [0.05, 0.1) is 6.54 Å². The maximum Gasteiger partial charge on any atom is 0.194 e. The Morgan fingerprint density at radius 2 is 2.00 bits per heavy atom. The van der Waals surface area contributed by atoms with Crippen LogP contribution in [0.4, 0.5) is 0 Å². The molecule has 4 heteroatoms. The second kappa shape index (κ2) is 4.97. The van der Waals surface area contributed by atoms with Crippen molar-refractivity contribution in [3.8, 4) is 0 Å². The summed E-state index contributed by atoms with van der Waals surface area (Å²) in [5.74, 6) is -0.0793. The van der Waals surface area contributed by atoms with Gasteiger partial charge < -0.3 is 5.21 Å². The first-order valence-corrected chi connectivity index (χ1v) is 4.68. The Morgan fingerprint density at radius 3 is 2.54 bits per heavy atom. The molecule has 1 rings (SSSR count). The average molecular weight is 184 g/mol. The molecule has 1 aliphatic heterocycles. The third-order valence-corrected chi connectivity index (χ3v) is 2.37. The summed E-state index contributed by atoms with van der Waals surface area (Å²) in [4.78, 5) is 13.4. The smallest absolute Gasteiger partial charge is 0.194 e. The van der Waals surface area contributed by atoms with Crippen LogP contribution in [0.15, 0.2) is 5.16 Å². The zero-order valence-corrected chi connectivity index (χ0v) is 7.99. The molecule has 0 spiro atoms. The van der Waals surface area contributed by atoms with Crippen molar-refractivity contribution in [1.29, 1.82) is 0 Å². The highest BCUT2D eigenvalue weighted by Gasteiger charge is 2.15. The maximum absolute atomic E-state index is 11.3. The molecule has 13 heavy (non-hydrogen) atoms. The number of hydrogen-bond acceptors (Lipinski definition) is 4. The first kappa shape index (κ1) is 10.2. The molecule has 1 saturated heterocycles. The lowest BCUT2D eigenvalue weighted by Crippen LogP contribution is -2.36. The summed E-state index contributed by atoms with van der Waals surface area (Å²) in [6.07, 6.45) is 3.60. The Hall–Kier alpha value is -0.900. The van der Waals surface area contributed by atoms with Gasteiger partial charge in [-0.3, -0.25) is 9.69 Å². The van der Waals surface area contributed by atoms with Gasteiger partial charge in [0, 0.05) is 0 Å². The van der Waals surface area contributed by atoms with E-state index in [2.05, 4.69) is 10.1 Å². The van der Waals surface area contributed by atoms with E-state index in [9.17, 15) is 4.79 Å². The summed E-state index contributed by atoms with van der Waals surface area (Å²) in [5, 5.41) is 11.3. The molecule has 1 N–H and O–H groups in total. The van der Waals surface area contributed by atoms with Crippen LogP contribution in [0.5, 0.6) is 0 Å². The van der Waals surface area contributed by atoms with Crippen LogP contribution >= 0.6 is 0 Å². The van der Waals surface area contributed by atoms with E-state index in [1.165, 1.54) is 26.2 Å². The lowest BCUT2D eigenvalue weighted by Gasteiger charge is -2.25. The van der Waals surface area contributed by atoms with E-state index >= 15 is 0 Å². The highest BCUT2D eigenvalue weighted by molar-refractivity contribution is 6.39. The molecule has 0 unspecified atom stereocenters. The van der Waals surface area contributed by atoms with Crippen molar-refractivity contribution in [3.05, 3.63) is 0 Å². The van der Waals surface area contributed by atoms with Crippen LogP contribution < -0.4 is 0 Å². The van der Waals surface area contributed by atoms with Crippen molar-refractivity contribution in [2.75, 3.05) is 19.6 Å². The third-order valence-electron chi connectivity index (χ3n) is 2.37. The quantitative estimate of drug-likeness (QED) is 0.402. The molecule has 0 radical (unpaired) electrons. The van der Waals surface area contributed by atoms with Crippen molar-refractivity contribution in [2.24, 2.45) is 5.16 Å². The number of piperidine rings is 1. The van der Waals surface area contributed by atoms with E-state index in [1.54, 1.807) is 0 Å². The van der Waals surface area contributed by atoms with Crippen LogP contribution in [0.2, 0.25) is 0 Å². The monoisotopic (exact) mass is 184 g/mol. The standard InChI is InChI=1S/C9H16N2O2/c1-8(10-13)9(12)7-11-5-3-2-4-6-11/h13H,2-7H2,1H3. The molecular weight excluding hydrogens is 168 g/mol. The number of nitrogens with zero attached hydrogens (tertiary/aromatic N) is 2. The number of ketones is 1. The molecule has 1 aliphatic rings. The average Bonchev–Trinajstić information content (AvgIpc) is 2.18. The second-order valence-corrected chi connectivity index (χ2v) is 3.45. The van der Waals surface area contributed by atoms with Gasteiger partial charge >= 0.3 is 0 Å². The molecule has 0 aromatic carbocycles. The van der Waals surface area contributed by atoms with Crippen LogP contribution in [0.1, 0.15) is 26.2 Å². The highest BCUT2D eigenvalue weighted by Crippen LogP contribution is 2.07. The van der Waals surface area contributed by atoms with E-state index in [0.29, 0.717) is 6.54 Å². The van der Waals surface area contributed by atoms with Gasteiger partial charge in [0.2, 0.25) is 0 Å². The number of Topliss-reactive ketones (excluding diaryl/α,β-unsaturated/α-hetero) is 1. The van der Waals surface area contributed by atoms with Crippen molar-refractivity contribution >= 4 is 11.5 Å². The predicted molar refractivity (Wildman–Crippen MR) is 50.2 cm³/mol. The summed E-state index contributed by atoms with van der Waals surface area (Å²) >= 11 is 0. The van der Waals surface area contributed by atoms with E-state index in [0.717, 1.165) is 13.1 Å². The van der Waals surface area contributed by atoms with Gasteiger partial charge in [0.25, 0.3) is 0 Å². The minimum atomic E-state index is -0.0793. The minimum absolute atomic E-state index is 0.0793. The number of carbonyl (C=O) groups is 1. The molecule has 1 fully saturated rings. The first-order valence-electron chi connectivity index (χ1n) is 4.68. The van der Waals surface area contributed by atoms with Gasteiger partial charge in [-0.05, 0) is 32.9 Å². The summed E-state index contributed by atoms with van der Waals surface area (Å²) in [6.45, 7) is 3.91. The number of carbonyl (C=O) groups excluding carboxylic acids is 1. The Morgan fingerprint density at radius 1 is 1.38 bits per heavy atom. The minimum Gasteiger partial charge on any atom is -0.411 e. The van der Waals surface area contributed by atoms with E-state index in [4.69, 9.17) is 5.21 Å². The SMILES string of the molecule is CC(=NO)C(=O)CN1CCCCC1. The maximum atomic E-state index is 11.3. The Kier molecular flexibility index (Phi) is 3.89. The molecule has 1 heterocycles. The normalized spacial score (nSPS) is 20.2. The molecule has 0 saturated carbocycles. The molecule has 4 nitrogen and oxygen atoms in total. The van der Waals surface area contributed by atoms with Crippen molar-refractivity contribution in [1.82, 2.24) is 4.90 Å². The first-order chi connectivity index (χ1) is 6.24. The number of hydrogen-bond donors (Lipinski definition) is 1. The number of likely N-dealkylation sites (tertiary alicyclic amines) is 1. The van der Waals surface area contributed by atoms with Gasteiger partial charge in [-0.15, -0.1) is 0 Å². The predicted octanol–water partition coefficient (Wildman–Crippen LogP) is 0.891.